The molecule has 12 nitrogen and oxygen atoms in total. The summed E-state index contributed by atoms with van der Waals surface area (Å²) in [5.41, 5.74) is 9.46. The van der Waals surface area contributed by atoms with Gasteiger partial charge in [-0.05, 0) is 54.9 Å². The summed E-state index contributed by atoms with van der Waals surface area (Å²) >= 11 is 0. The lowest BCUT2D eigenvalue weighted by atomic mass is 9.78. The van der Waals surface area contributed by atoms with Crippen LogP contribution in [0.5, 0.6) is 0 Å². The van der Waals surface area contributed by atoms with Crippen LogP contribution in [0, 0.1) is 5.92 Å². The van der Waals surface area contributed by atoms with Crippen molar-refractivity contribution in [1.82, 2.24) is 34.4 Å². The Hall–Kier alpha value is -3.58. The summed E-state index contributed by atoms with van der Waals surface area (Å²) in [6, 6.07) is 6.76. The highest BCUT2D eigenvalue weighted by Crippen LogP contribution is 2.41. The van der Waals surface area contributed by atoms with Crippen molar-refractivity contribution in [2.45, 2.75) is 82.8 Å². The molecule has 5 atom stereocenters. The van der Waals surface area contributed by atoms with E-state index in [1.807, 2.05) is 6.92 Å². The molecule has 0 radical (unpaired) electrons. The quantitative estimate of drug-likeness (QED) is 0.294. The van der Waals surface area contributed by atoms with Gasteiger partial charge in [-0.15, -0.1) is 0 Å². The minimum Gasteiger partial charge on any atom is -0.386 e. The van der Waals surface area contributed by atoms with E-state index < -0.39 is 24.1 Å². The number of hydrogen-bond acceptors (Lipinski definition) is 9. The fourth-order valence-electron chi connectivity index (χ4n) is 6.41. The average molecular weight is 561 g/mol. The van der Waals surface area contributed by atoms with Gasteiger partial charge in [0, 0.05) is 12.6 Å². The SMILES string of the molecule is CC1O[C@H]2[C@@H](O)[C@H](n3c(=O)[nH]c4c(N)ncnc43)O[C@@H]2CN1C1CC(/C=C/c2nc3ccc(C(C)(C)C)cc3[nH]2)C1. The average Bonchev–Trinajstić information content (AvgIpc) is 3.55. The first-order valence-corrected chi connectivity index (χ1v) is 14.2. The second-order valence-corrected chi connectivity index (χ2v) is 12.6. The summed E-state index contributed by atoms with van der Waals surface area (Å²) in [5.74, 6) is 1.47. The van der Waals surface area contributed by atoms with E-state index in [1.54, 1.807) is 0 Å². The van der Waals surface area contributed by atoms with Gasteiger partial charge in [-0.2, -0.15) is 0 Å². The lowest BCUT2D eigenvalue weighted by Gasteiger charge is -2.49. The van der Waals surface area contributed by atoms with E-state index in [-0.39, 0.29) is 23.6 Å². The summed E-state index contributed by atoms with van der Waals surface area (Å²) in [4.78, 5) is 34.0. The number of H-pyrrole nitrogens is 2. The molecule has 41 heavy (non-hydrogen) atoms. The zero-order valence-electron chi connectivity index (χ0n) is 23.6. The molecule has 3 aromatic heterocycles. The number of hydrogen-bond donors (Lipinski definition) is 4. The summed E-state index contributed by atoms with van der Waals surface area (Å²) in [6.07, 6.45) is 4.52. The predicted molar refractivity (Wildman–Crippen MR) is 154 cm³/mol. The molecule has 5 heterocycles. The molecule has 1 aliphatic carbocycles. The van der Waals surface area contributed by atoms with Crippen molar-refractivity contribution in [1.29, 1.82) is 0 Å². The summed E-state index contributed by atoms with van der Waals surface area (Å²) < 4.78 is 13.8. The van der Waals surface area contributed by atoms with Crippen LogP contribution in [0.3, 0.4) is 0 Å². The van der Waals surface area contributed by atoms with Crippen LogP contribution in [0.4, 0.5) is 5.82 Å². The van der Waals surface area contributed by atoms with Crippen molar-refractivity contribution in [3.63, 3.8) is 0 Å². The number of aromatic nitrogens is 6. The topological polar surface area (TPSA) is 160 Å². The number of nitrogens with one attached hydrogen (secondary N) is 2. The molecule has 12 heteroatoms. The molecule has 0 spiro atoms. The Morgan fingerprint density at radius 1 is 1.17 bits per heavy atom. The van der Waals surface area contributed by atoms with E-state index in [1.165, 1.54) is 16.5 Å². The number of imidazole rings is 2. The van der Waals surface area contributed by atoms with Crippen molar-refractivity contribution in [2.75, 3.05) is 12.3 Å². The molecule has 3 fully saturated rings. The second-order valence-electron chi connectivity index (χ2n) is 12.6. The standard InChI is InChI=1S/C29H36N8O4/c1-14-36(17-9-15(10-17)5-8-21-33-18-7-6-16(29(2,3)4)11-19(18)34-21)12-20-24(40-14)23(38)27(41-20)37-26-22(35-28(37)39)25(30)31-13-32-26/h5-8,11,13-15,17,20,23-24,27,38H,9-10,12H2,1-4H3,(H,33,34)(H,35,39)(H2,30,31,32)/b8-5+/t14?,15?,17?,20-,23-,24-,27-/m1/s1. The lowest BCUT2D eigenvalue weighted by Crippen LogP contribution is -2.59. The Morgan fingerprint density at radius 2 is 1.98 bits per heavy atom. The van der Waals surface area contributed by atoms with Crippen LogP contribution < -0.4 is 11.4 Å². The number of anilines is 1. The number of aliphatic hydroxyl groups is 1. The number of benzene rings is 1. The molecular formula is C29H36N8O4. The largest absolute Gasteiger partial charge is 0.386 e. The van der Waals surface area contributed by atoms with Gasteiger partial charge in [0.2, 0.25) is 0 Å². The maximum Gasteiger partial charge on any atom is 0.330 e. The zero-order chi connectivity index (χ0) is 28.6. The first-order chi connectivity index (χ1) is 19.6. The number of aliphatic hydroxyl groups excluding tert-OH is 1. The van der Waals surface area contributed by atoms with Gasteiger partial charge in [-0.3, -0.25) is 4.90 Å². The highest BCUT2D eigenvalue weighted by atomic mass is 16.6. The van der Waals surface area contributed by atoms with Crippen molar-refractivity contribution < 1.29 is 14.6 Å². The number of nitrogen functional groups attached to an aromatic ring is 1. The number of fused-ring (bicyclic) bond motifs is 3. The maximum atomic E-state index is 12.8. The monoisotopic (exact) mass is 560 g/mol. The maximum absolute atomic E-state index is 12.8. The van der Waals surface area contributed by atoms with E-state index in [2.05, 4.69) is 76.0 Å². The number of nitrogens with zero attached hydrogens (tertiary/aromatic N) is 5. The van der Waals surface area contributed by atoms with E-state index in [4.69, 9.17) is 20.2 Å². The molecule has 1 saturated carbocycles. The van der Waals surface area contributed by atoms with Gasteiger partial charge in [0.05, 0.1) is 11.0 Å². The Labute approximate surface area is 236 Å². The van der Waals surface area contributed by atoms with Crippen LogP contribution in [-0.4, -0.2) is 76.6 Å². The first-order valence-electron chi connectivity index (χ1n) is 14.2. The predicted octanol–water partition coefficient (Wildman–Crippen LogP) is 2.67. The number of nitrogens with two attached hydrogens (primary N) is 1. The van der Waals surface area contributed by atoms with Gasteiger partial charge in [-0.1, -0.05) is 32.9 Å². The van der Waals surface area contributed by atoms with Crippen molar-refractivity contribution in [3.8, 4) is 0 Å². The second kappa shape index (κ2) is 9.48. The van der Waals surface area contributed by atoms with Crippen molar-refractivity contribution in [3.05, 3.63) is 52.5 Å². The Morgan fingerprint density at radius 3 is 2.76 bits per heavy atom. The van der Waals surface area contributed by atoms with E-state index in [0.717, 1.165) is 29.7 Å². The Kier molecular flexibility index (Phi) is 6.09. The highest BCUT2D eigenvalue weighted by Gasteiger charge is 2.52. The molecule has 4 aromatic rings. The third kappa shape index (κ3) is 4.45. The molecular weight excluding hydrogens is 524 g/mol. The smallest absolute Gasteiger partial charge is 0.330 e. The fraction of sp³-hybridized carbons (Fsp3) is 0.517. The van der Waals surface area contributed by atoms with Crippen LogP contribution in [0.2, 0.25) is 0 Å². The Balaban J connectivity index is 1.01. The zero-order valence-corrected chi connectivity index (χ0v) is 23.6. The summed E-state index contributed by atoms with van der Waals surface area (Å²) in [6.45, 7) is 9.25. The van der Waals surface area contributed by atoms with Crippen LogP contribution in [0.25, 0.3) is 28.3 Å². The highest BCUT2D eigenvalue weighted by molar-refractivity contribution is 5.81. The molecule has 0 bridgehead atoms. The molecule has 2 saturated heterocycles. The first kappa shape index (κ1) is 26.3. The number of rotatable bonds is 4. The van der Waals surface area contributed by atoms with Crippen LogP contribution in [0.1, 0.15) is 58.2 Å². The molecule has 1 aromatic carbocycles. The van der Waals surface area contributed by atoms with Crippen molar-refractivity contribution >= 4 is 34.1 Å². The minimum atomic E-state index is -1.03. The number of aromatic amines is 2. The van der Waals surface area contributed by atoms with Gasteiger partial charge in [0.1, 0.15) is 42.2 Å². The molecule has 5 N–H and O–H groups in total. The fourth-order valence-corrected chi connectivity index (χ4v) is 6.41. The molecule has 7 rings (SSSR count). The van der Waals surface area contributed by atoms with Crippen LogP contribution >= 0.6 is 0 Å². The third-order valence-electron chi connectivity index (χ3n) is 8.82. The van der Waals surface area contributed by atoms with Crippen molar-refractivity contribution in [2.24, 2.45) is 5.92 Å². The normalized spacial score (nSPS) is 30.8. The molecule has 1 unspecified atom stereocenters. The van der Waals surface area contributed by atoms with Gasteiger partial charge in [0.15, 0.2) is 17.7 Å². The van der Waals surface area contributed by atoms with Gasteiger partial charge >= 0.3 is 5.69 Å². The molecule has 0 amide bonds. The van der Waals surface area contributed by atoms with Crippen LogP contribution in [0.15, 0.2) is 35.4 Å². The number of ether oxygens (including phenoxy) is 2. The lowest BCUT2D eigenvalue weighted by molar-refractivity contribution is -0.197. The number of allylic oxidation sites excluding steroid dienone is 1. The van der Waals surface area contributed by atoms with Gasteiger partial charge in [0.25, 0.3) is 0 Å². The minimum absolute atomic E-state index is 0.0891. The molecule has 2 aliphatic heterocycles. The van der Waals surface area contributed by atoms with E-state index >= 15 is 0 Å². The van der Waals surface area contributed by atoms with E-state index in [9.17, 15) is 9.90 Å². The Bertz CT molecular complexity index is 1690. The third-order valence-corrected chi connectivity index (χ3v) is 8.82. The molecule has 216 valence electrons. The van der Waals surface area contributed by atoms with Gasteiger partial charge < -0.3 is 30.3 Å². The molecule has 3 aliphatic rings. The van der Waals surface area contributed by atoms with Crippen LogP contribution in [-0.2, 0) is 14.9 Å². The van der Waals surface area contributed by atoms with E-state index in [0.29, 0.717) is 29.7 Å². The summed E-state index contributed by atoms with van der Waals surface area (Å²) in [7, 11) is 0. The van der Waals surface area contributed by atoms with Gasteiger partial charge in [-0.25, -0.2) is 24.3 Å². The summed E-state index contributed by atoms with van der Waals surface area (Å²) in [5, 5.41) is 11.1.